The molecule has 1 saturated heterocycles. The van der Waals surface area contributed by atoms with Crippen LogP contribution in [0, 0.1) is 0 Å². The molecule has 3 rings (SSSR count). The Morgan fingerprint density at radius 3 is 2.73 bits per heavy atom. The van der Waals surface area contributed by atoms with Gasteiger partial charge < -0.3 is 24.6 Å². The Labute approximate surface area is 170 Å². The number of nitrogens with one attached hydrogen (secondary N) is 1. The van der Waals surface area contributed by atoms with Gasteiger partial charge in [-0.2, -0.15) is 0 Å². The van der Waals surface area contributed by atoms with Gasteiger partial charge in [-0.25, -0.2) is 8.78 Å². The standard InChI is InChI=1S/C19H21F2N3O6/c1-22-16(4-5-24(11-26)18-19(20,21)9-13(10-25)30-18)23-17(27)12-2-3-14-15(8-12)29-7-6-28-14/h2-5,8,11,13,18,25H,6-7,9-10H2,1H3,(H,22,23,27)/b5-4-. The zero-order chi connectivity index (χ0) is 21.7. The lowest BCUT2D eigenvalue weighted by atomic mass is 10.2. The number of halogens is 2. The molecule has 2 amide bonds. The predicted octanol–water partition coefficient (Wildman–Crippen LogP) is 0.931. The second-order valence-corrected chi connectivity index (χ2v) is 6.55. The van der Waals surface area contributed by atoms with Crippen molar-refractivity contribution in [2.24, 2.45) is 4.99 Å². The molecule has 162 valence electrons. The summed E-state index contributed by atoms with van der Waals surface area (Å²) in [5, 5.41) is 11.6. The highest BCUT2D eigenvalue weighted by Gasteiger charge is 2.52. The van der Waals surface area contributed by atoms with Gasteiger partial charge in [0.05, 0.1) is 12.7 Å². The molecule has 30 heavy (non-hydrogen) atoms. The third-order valence-corrected chi connectivity index (χ3v) is 4.47. The topological polar surface area (TPSA) is 110 Å². The van der Waals surface area contributed by atoms with Gasteiger partial charge in [0.25, 0.3) is 11.8 Å². The third-order valence-electron chi connectivity index (χ3n) is 4.47. The number of carbonyl (C=O) groups excluding carboxylic acids is 2. The zero-order valence-electron chi connectivity index (χ0n) is 16.1. The van der Waals surface area contributed by atoms with Crippen LogP contribution in [0.3, 0.4) is 0 Å². The number of carbonyl (C=O) groups is 2. The molecule has 0 spiro atoms. The van der Waals surface area contributed by atoms with Crippen LogP contribution < -0.4 is 14.8 Å². The van der Waals surface area contributed by atoms with Gasteiger partial charge in [-0.1, -0.05) is 0 Å². The molecule has 0 bridgehead atoms. The van der Waals surface area contributed by atoms with E-state index in [0.29, 0.717) is 29.6 Å². The van der Waals surface area contributed by atoms with E-state index in [1.807, 2.05) is 0 Å². The summed E-state index contributed by atoms with van der Waals surface area (Å²) >= 11 is 0. The van der Waals surface area contributed by atoms with E-state index >= 15 is 0 Å². The summed E-state index contributed by atoms with van der Waals surface area (Å²) in [4.78, 5) is 28.3. The van der Waals surface area contributed by atoms with Crippen LogP contribution in [0.15, 0.2) is 35.5 Å². The summed E-state index contributed by atoms with van der Waals surface area (Å²) in [6, 6.07) is 4.66. The number of benzene rings is 1. The van der Waals surface area contributed by atoms with Crippen molar-refractivity contribution in [3.63, 3.8) is 0 Å². The van der Waals surface area contributed by atoms with Gasteiger partial charge in [0.2, 0.25) is 12.6 Å². The van der Waals surface area contributed by atoms with E-state index in [9.17, 15) is 18.4 Å². The van der Waals surface area contributed by atoms with E-state index in [1.54, 1.807) is 12.1 Å². The van der Waals surface area contributed by atoms with Crippen molar-refractivity contribution < 1.29 is 37.7 Å². The normalized spacial score (nSPS) is 22.7. The van der Waals surface area contributed by atoms with Crippen molar-refractivity contribution in [1.82, 2.24) is 10.2 Å². The Kier molecular flexibility index (Phi) is 6.63. The Hall–Kier alpha value is -3.05. The fraction of sp³-hybridized carbons (Fsp3) is 0.421. The highest BCUT2D eigenvalue weighted by Crippen LogP contribution is 2.37. The van der Waals surface area contributed by atoms with Crippen molar-refractivity contribution >= 4 is 18.2 Å². The highest BCUT2D eigenvalue weighted by atomic mass is 19.3. The van der Waals surface area contributed by atoms with Gasteiger partial charge in [0, 0.05) is 25.2 Å². The number of amidine groups is 1. The van der Waals surface area contributed by atoms with E-state index in [1.165, 1.54) is 19.2 Å². The first-order valence-electron chi connectivity index (χ1n) is 9.11. The maximum atomic E-state index is 14.1. The molecule has 1 aromatic carbocycles. The SMILES string of the molecule is CN=C(/C=C\N(C=O)C1OC(CO)CC1(F)F)NC(=O)c1ccc2c(c1)OCCO2. The number of nitrogens with zero attached hydrogens (tertiary/aromatic N) is 2. The van der Waals surface area contributed by atoms with Crippen LogP contribution in [0.4, 0.5) is 8.78 Å². The minimum Gasteiger partial charge on any atom is -0.486 e. The number of rotatable bonds is 6. The lowest BCUT2D eigenvalue weighted by Crippen LogP contribution is -2.42. The maximum Gasteiger partial charge on any atom is 0.294 e. The van der Waals surface area contributed by atoms with E-state index < -0.39 is 37.2 Å². The van der Waals surface area contributed by atoms with Crippen molar-refractivity contribution in [2.75, 3.05) is 26.9 Å². The molecular formula is C19H21F2N3O6. The number of aliphatic hydroxyl groups is 1. The van der Waals surface area contributed by atoms with Gasteiger partial charge in [-0.3, -0.25) is 19.5 Å². The lowest BCUT2D eigenvalue weighted by Gasteiger charge is -2.25. The minimum atomic E-state index is -3.34. The second kappa shape index (κ2) is 9.18. The van der Waals surface area contributed by atoms with E-state index in [-0.39, 0.29) is 17.8 Å². The number of amides is 2. The number of ether oxygens (including phenoxy) is 3. The molecule has 0 aliphatic carbocycles. The molecule has 2 heterocycles. The van der Waals surface area contributed by atoms with E-state index in [0.717, 1.165) is 6.20 Å². The molecule has 2 N–H and O–H groups in total. The Morgan fingerprint density at radius 1 is 1.37 bits per heavy atom. The van der Waals surface area contributed by atoms with Crippen LogP contribution in [-0.2, 0) is 9.53 Å². The largest absolute Gasteiger partial charge is 0.486 e. The molecular weight excluding hydrogens is 404 g/mol. The van der Waals surface area contributed by atoms with Crippen molar-refractivity contribution in [2.45, 2.75) is 24.7 Å². The molecule has 2 atom stereocenters. The molecule has 2 aliphatic heterocycles. The van der Waals surface area contributed by atoms with Gasteiger partial charge >= 0.3 is 0 Å². The first-order valence-corrected chi connectivity index (χ1v) is 9.11. The first-order chi connectivity index (χ1) is 14.4. The Balaban J connectivity index is 1.68. The summed E-state index contributed by atoms with van der Waals surface area (Å²) in [5.74, 6) is -2.86. The second-order valence-electron chi connectivity index (χ2n) is 6.55. The van der Waals surface area contributed by atoms with Crippen LogP contribution in [0.5, 0.6) is 11.5 Å². The molecule has 9 nitrogen and oxygen atoms in total. The Bertz CT molecular complexity index is 861. The van der Waals surface area contributed by atoms with Gasteiger partial charge in [-0.15, -0.1) is 0 Å². The number of aliphatic hydroxyl groups excluding tert-OH is 1. The van der Waals surface area contributed by atoms with Crippen LogP contribution in [0.1, 0.15) is 16.8 Å². The van der Waals surface area contributed by atoms with Gasteiger partial charge in [-0.05, 0) is 24.3 Å². The Morgan fingerprint density at radius 2 is 2.10 bits per heavy atom. The van der Waals surface area contributed by atoms with E-state index in [2.05, 4.69) is 10.3 Å². The van der Waals surface area contributed by atoms with E-state index in [4.69, 9.17) is 19.3 Å². The molecule has 2 aliphatic rings. The fourth-order valence-electron chi connectivity index (χ4n) is 3.00. The summed E-state index contributed by atoms with van der Waals surface area (Å²) in [5.41, 5.74) is 0.275. The summed E-state index contributed by atoms with van der Waals surface area (Å²) < 4.78 is 44.0. The molecule has 11 heteroatoms. The van der Waals surface area contributed by atoms with Crippen LogP contribution in [0.25, 0.3) is 0 Å². The van der Waals surface area contributed by atoms with Crippen molar-refractivity contribution in [1.29, 1.82) is 0 Å². The first kappa shape index (κ1) is 21.7. The smallest absolute Gasteiger partial charge is 0.294 e. The highest BCUT2D eigenvalue weighted by molar-refractivity contribution is 6.10. The number of alkyl halides is 2. The number of hydrogen-bond donors (Lipinski definition) is 2. The van der Waals surface area contributed by atoms with Crippen LogP contribution >= 0.6 is 0 Å². The number of fused-ring (bicyclic) bond motifs is 1. The maximum absolute atomic E-state index is 14.1. The van der Waals surface area contributed by atoms with Crippen molar-refractivity contribution in [3.05, 3.63) is 36.0 Å². The molecule has 1 fully saturated rings. The average molecular weight is 425 g/mol. The fourth-order valence-corrected chi connectivity index (χ4v) is 3.00. The molecule has 1 aromatic rings. The third kappa shape index (κ3) is 4.74. The summed E-state index contributed by atoms with van der Waals surface area (Å²) in [6.45, 7) is 0.205. The monoisotopic (exact) mass is 425 g/mol. The minimum absolute atomic E-state index is 0.0294. The lowest BCUT2D eigenvalue weighted by molar-refractivity contribution is -0.154. The van der Waals surface area contributed by atoms with Crippen molar-refractivity contribution in [3.8, 4) is 11.5 Å². The van der Waals surface area contributed by atoms with Gasteiger partial charge in [0.15, 0.2) is 11.5 Å². The molecule has 2 unspecified atom stereocenters. The predicted molar refractivity (Wildman–Crippen MR) is 101 cm³/mol. The molecule has 0 radical (unpaired) electrons. The summed E-state index contributed by atoms with van der Waals surface area (Å²) in [7, 11) is 1.39. The molecule has 0 aromatic heterocycles. The summed E-state index contributed by atoms with van der Waals surface area (Å²) in [6.07, 6.45) is -1.26. The molecule has 0 saturated carbocycles. The quantitative estimate of drug-likeness (QED) is 0.399. The number of aliphatic imine (C=N–C) groups is 1. The van der Waals surface area contributed by atoms with Crippen LogP contribution in [0.2, 0.25) is 0 Å². The van der Waals surface area contributed by atoms with Crippen LogP contribution in [-0.4, -0.2) is 73.3 Å². The average Bonchev–Trinajstić information content (AvgIpc) is 3.07. The zero-order valence-corrected chi connectivity index (χ0v) is 16.1. The number of hydrogen-bond acceptors (Lipinski definition) is 7. The van der Waals surface area contributed by atoms with Gasteiger partial charge in [0.1, 0.15) is 19.0 Å².